The molecule has 0 aromatic heterocycles. The molecule has 5 rings (SSSR count). The summed E-state index contributed by atoms with van der Waals surface area (Å²) in [7, 11) is 0. The topological polar surface area (TPSA) is 52.6 Å². The largest absolute Gasteiger partial charge is 0.353 e. The van der Waals surface area contributed by atoms with E-state index in [-0.39, 0.29) is 22.9 Å². The molecule has 152 valence electrons. The highest BCUT2D eigenvalue weighted by Gasteiger charge is 2.59. The van der Waals surface area contributed by atoms with E-state index in [1.165, 1.54) is 5.57 Å². The number of fused-ring (bicyclic) bond motifs is 5. The van der Waals surface area contributed by atoms with Crippen LogP contribution in [0.4, 0.5) is 0 Å². The molecule has 0 bridgehead atoms. The molecule has 6 atom stereocenters. The minimum atomic E-state index is -0.190. The van der Waals surface area contributed by atoms with Crippen molar-refractivity contribution < 1.29 is 19.1 Å². The summed E-state index contributed by atoms with van der Waals surface area (Å²) in [6.45, 7) is 3.60. The Morgan fingerprint density at radius 3 is 2.82 bits per heavy atom. The highest BCUT2D eigenvalue weighted by Crippen LogP contribution is 2.63. The quantitative estimate of drug-likeness (QED) is 0.724. The summed E-state index contributed by atoms with van der Waals surface area (Å²) in [6, 6.07) is 0. The zero-order valence-electron chi connectivity index (χ0n) is 17.0. The molecular formula is C24H32O4. The number of carbonyl (C=O) groups is 2. The first-order valence-corrected chi connectivity index (χ1v) is 11.2. The lowest BCUT2D eigenvalue weighted by molar-refractivity contribution is -0.183. The molecule has 28 heavy (non-hydrogen) atoms. The van der Waals surface area contributed by atoms with Crippen molar-refractivity contribution in [3.8, 4) is 0 Å². The Kier molecular flexibility index (Phi) is 4.63. The van der Waals surface area contributed by atoms with Crippen molar-refractivity contribution in [2.24, 2.45) is 28.6 Å². The second kappa shape index (κ2) is 6.91. The van der Waals surface area contributed by atoms with Crippen molar-refractivity contribution >= 4 is 11.6 Å². The van der Waals surface area contributed by atoms with Gasteiger partial charge in [-0.05, 0) is 81.3 Å². The minimum absolute atomic E-state index is 0.106. The fourth-order valence-corrected chi connectivity index (χ4v) is 7.10. The van der Waals surface area contributed by atoms with E-state index in [1.807, 2.05) is 6.08 Å². The third kappa shape index (κ3) is 2.79. The summed E-state index contributed by atoms with van der Waals surface area (Å²) in [4.78, 5) is 24.8. The highest BCUT2D eigenvalue weighted by atomic mass is 16.7. The van der Waals surface area contributed by atoms with E-state index in [9.17, 15) is 9.59 Å². The SMILES string of the molecule is C[C@]12CC[C@H]3[C@@H](CCC4=CC(=O)C=C[C@@]43COC3CCCCO3)[C@@H]1CCC2=O. The summed E-state index contributed by atoms with van der Waals surface area (Å²) in [5.41, 5.74) is 0.945. The molecule has 4 fully saturated rings. The standard InChI is InChI=1S/C24H32O4/c1-23-11-10-20-18(19(23)7-8-21(23)26)6-5-16-14-17(25)9-12-24(16,20)15-28-22-4-2-3-13-27-22/h9,12,14,18-20,22H,2-8,10-11,13,15H2,1H3/t18-,19-,20-,22?,23-,24+/m0/s1. The number of allylic oxidation sites excluding steroid dienone is 2. The fraction of sp³-hybridized carbons (Fsp3) is 0.750. The van der Waals surface area contributed by atoms with Gasteiger partial charge in [0.25, 0.3) is 0 Å². The van der Waals surface area contributed by atoms with Crippen LogP contribution in [-0.2, 0) is 19.1 Å². The van der Waals surface area contributed by atoms with Gasteiger partial charge in [0.1, 0.15) is 5.78 Å². The number of carbonyl (C=O) groups excluding carboxylic acids is 2. The van der Waals surface area contributed by atoms with Gasteiger partial charge in [0.05, 0.1) is 6.61 Å². The Morgan fingerprint density at radius 2 is 2.00 bits per heavy atom. The zero-order valence-corrected chi connectivity index (χ0v) is 17.0. The van der Waals surface area contributed by atoms with Crippen LogP contribution in [0.25, 0.3) is 0 Å². The van der Waals surface area contributed by atoms with Crippen molar-refractivity contribution in [2.45, 2.75) is 71.0 Å². The lowest BCUT2D eigenvalue weighted by Crippen LogP contribution is -2.52. The van der Waals surface area contributed by atoms with Gasteiger partial charge in [-0.3, -0.25) is 9.59 Å². The smallest absolute Gasteiger partial charge is 0.178 e. The summed E-state index contributed by atoms with van der Waals surface area (Å²) in [6.07, 6.45) is 14.8. The first-order chi connectivity index (χ1) is 13.5. The summed E-state index contributed by atoms with van der Waals surface area (Å²) in [5.74, 6) is 2.09. The van der Waals surface area contributed by atoms with Crippen LogP contribution in [-0.4, -0.2) is 31.1 Å². The fourth-order valence-electron chi connectivity index (χ4n) is 7.10. The third-order valence-corrected chi connectivity index (χ3v) is 8.66. The zero-order chi connectivity index (χ0) is 19.4. The molecule has 3 saturated carbocycles. The van der Waals surface area contributed by atoms with Gasteiger partial charge in [-0.1, -0.05) is 18.6 Å². The molecule has 0 amide bonds. The molecule has 4 nitrogen and oxygen atoms in total. The van der Waals surface area contributed by atoms with Crippen molar-refractivity contribution in [3.63, 3.8) is 0 Å². The van der Waals surface area contributed by atoms with Gasteiger partial charge in [0.2, 0.25) is 0 Å². The van der Waals surface area contributed by atoms with E-state index in [2.05, 4.69) is 13.0 Å². The Bertz CT molecular complexity index is 731. The second-order valence-electron chi connectivity index (χ2n) is 9.89. The predicted octanol–water partition coefficient (Wildman–Crippen LogP) is 4.39. The van der Waals surface area contributed by atoms with E-state index in [0.717, 1.165) is 64.4 Å². The molecule has 0 aromatic carbocycles. The Morgan fingerprint density at radius 1 is 1.11 bits per heavy atom. The maximum absolute atomic E-state index is 12.6. The van der Waals surface area contributed by atoms with E-state index < -0.39 is 0 Å². The van der Waals surface area contributed by atoms with E-state index >= 15 is 0 Å². The molecule has 0 spiro atoms. The average Bonchev–Trinajstić information content (AvgIpc) is 3.02. The molecule has 1 aliphatic heterocycles. The molecule has 4 heteroatoms. The maximum atomic E-state index is 12.6. The van der Waals surface area contributed by atoms with E-state index in [4.69, 9.17) is 9.47 Å². The molecule has 0 N–H and O–H groups in total. The molecule has 4 aliphatic carbocycles. The number of hydrogen-bond donors (Lipinski definition) is 0. The van der Waals surface area contributed by atoms with E-state index in [0.29, 0.717) is 30.1 Å². The van der Waals surface area contributed by atoms with Crippen LogP contribution in [0, 0.1) is 28.6 Å². The van der Waals surface area contributed by atoms with Gasteiger partial charge in [-0.25, -0.2) is 0 Å². The van der Waals surface area contributed by atoms with Crippen molar-refractivity contribution in [2.75, 3.05) is 13.2 Å². The highest BCUT2D eigenvalue weighted by molar-refractivity contribution is 6.01. The van der Waals surface area contributed by atoms with Crippen LogP contribution in [0.15, 0.2) is 23.8 Å². The summed E-state index contributed by atoms with van der Waals surface area (Å²) in [5, 5.41) is 0. The first kappa shape index (κ1) is 18.7. The number of Topliss-reactive ketones (excluding diaryl/α,β-unsaturated/α-hetero) is 1. The number of ketones is 2. The van der Waals surface area contributed by atoms with Gasteiger partial charge in [0, 0.05) is 23.9 Å². The Labute approximate surface area is 167 Å². The monoisotopic (exact) mass is 384 g/mol. The van der Waals surface area contributed by atoms with Gasteiger partial charge in [0.15, 0.2) is 12.1 Å². The number of ether oxygens (including phenoxy) is 2. The summed E-state index contributed by atoms with van der Waals surface area (Å²) >= 11 is 0. The lowest BCUT2D eigenvalue weighted by Gasteiger charge is -2.56. The Hall–Kier alpha value is -1.26. The van der Waals surface area contributed by atoms with Crippen LogP contribution >= 0.6 is 0 Å². The molecule has 1 unspecified atom stereocenters. The van der Waals surface area contributed by atoms with Gasteiger partial charge in [-0.15, -0.1) is 0 Å². The van der Waals surface area contributed by atoms with Crippen LogP contribution in [0.1, 0.15) is 64.7 Å². The lowest BCUT2D eigenvalue weighted by atomic mass is 9.48. The van der Waals surface area contributed by atoms with Gasteiger partial charge < -0.3 is 9.47 Å². The molecule has 5 aliphatic rings. The van der Waals surface area contributed by atoms with Crippen LogP contribution in [0.5, 0.6) is 0 Å². The van der Waals surface area contributed by atoms with Crippen LogP contribution in [0.2, 0.25) is 0 Å². The third-order valence-electron chi connectivity index (χ3n) is 8.66. The molecular weight excluding hydrogens is 352 g/mol. The normalized spacial score (nSPS) is 45.2. The van der Waals surface area contributed by atoms with Crippen LogP contribution < -0.4 is 0 Å². The second-order valence-corrected chi connectivity index (χ2v) is 9.89. The Balaban J connectivity index is 1.45. The number of rotatable bonds is 3. The van der Waals surface area contributed by atoms with Crippen molar-refractivity contribution in [1.29, 1.82) is 0 Å². The molecule has 1 heterocycles. The molecule has 1 saturated heterocycles. The van der Waals surface area contributed by atoms with Gasteiger partial charge in [-0.2, -0.15) is 0 Å². The summed E-state index contributed by atoms with van der Waals surface area (Å²) < 4.78 is 12.2. The van der Waals surface area contributed by atoms with Crippen molar-refractivity contribution in [1.82, 2.24) is 0 Å². The van der Waals surface area contributed by atoms with Crippen LogP contribution in [0.3, 0.4) is 0 Å². The van der Waals surface area contributed by atoms with Crippen molar-refractivity contribution in [3.05, 3.63) is 23.8 Å². The first-order valence-electron chi connectivity index (χ1n) is 11.2. The molecule has 0 radical (unpaired) electrons. The minimum Gasteiger partial charge on any atom is -0.353 e. The average molecular weight is 385 g/mol. The predicted molar refractivity (Wildman–Crippen MR) is 105 cm³/mol. The number of hydrogen-bond acceptors (Lipinski definition) is 4. The van der Waals surface area contributed by atoms with Gasteiger partial charge >= 0.3 is 0 Å². The van der Waals surface area contributed by atoms with E-state index in [1.54, 1.807) is 6.08 Å². The maximum Gasteiger partial charge on any atom is 0.178 e. The molecule has 0 aromatic rings.